The Morgan fingerprint density at radius 1 is 1.05 bits per heavy atom. The van der Waals surface area contributed by atoms with Gasteiger partial charge in [0.05, 0.1) is 12.7 Å². The Kier molecular flexibility index (Phi) is 4.31. The Balaban J connectivity index is 2.23. The van der Waals surface area contributed by atoms with E-state index < -0.39 is 11.7 Å². The molecule has 0 saturated carbocycles. The third kappa shape index (κ3) is 3.62. The van der Waals surface area contributed by atoms with Crippen LogP contribution in [0.15, 0.2) is 48.5 Å². The largest absolute Gasteiger partial charge is 0.497 e. The van der Waals surface area contributed by atoms with E-state index in [1.54, 1.807) is 12.1 Å². The maximum atomic E-state index is 12.9. The first-order valence-corrected chi connectivity index (χ1v) is 6.24. The zero-order valence-electron chi connectivity index (χ0n) is 11.3. The molecule has 0 radical (unpaired) electrons. The Hall–Kier alpha value is -2.30. The van der Waals surface area contributed by atoms with Crippen LogP contribution in [-0.2, 0) is 12.6 Å². The van der Waals surface area contributed by atoms with Crippen LogP contribution in [0.25, 0.3) is 0 Å². The maximum absolute atomic E-state index is 12.9. The van der Waals surface area contributed by atoms with Crippen molar-refractivity contribution in [3.8, 4) is 5.75 Å². The van der Waals surface area contributed by atoms with Gasteiger partial charge in [-0.15, -0.1) is 0 Å². The molecule has 0 saturated heterocycles. The van der Waals surface area contributed by atoms with E-state index in [4.69, 9.17) is 4.74 Å². The lowest BCUT2D eigenvalue weighted by atomic mass is 9.98. The SMILES string of the molecule is COc1ccc(C(=O)Cc2ccccc2C(F)(F)F)cc1. The topological polar surface area (TPSA) is 26.3 Å². The lowest BCUT2D eigenvalue weighted by Crippen LogP contribution is -2.12. The zero-order chi connectivity index (χ0) is 15.5. The Labute approximate surface area is 120 Å². The van der Waals surface area contributed by atoms with Crippen molar-refractivity contribution < 1.29 is 22.7 Å². The van der Waals surface area contributed by atoms with Crippen molar-refractivity contribution >= 4 is 5.78 Å². The molecule has 0 N–H and O–H groups in total. The summed E-state index contributed by atoms with van der Waals surface area (Å²) in [5, 5.41) is 0. The van der Waals surface area contributed by atoms with Gasteiger partial charge < -0.3 is 4.74 Å². The second-order valence-electron chi connectivity index (χ2n) is 4.48. The van der Waals surface area contributed by atoms with Crippen LogP contribution in [0.1, 0.15) is 21.5 Å². The number of Topliss-reactive ketones (excluding diaryl/α,β-unsaturated/α-hetero) is 1. The van der Waals surface area contributed by atoms with Crippen LogP contribution in [0.4, 0.5) is 13.2 Å². The third-order valence-electron chi connectivity index (χ3n) is 3.09. The summed E-state index contributed by atoms with van der Waals surface area (Å²) in [6.07, 6.45) is -4.75. The van der Waals surface area contributed by atoms with Gasteiger partial charge in [0.1, 0.15) is 5.75 Å². The highest BCUT2D eigenvalue weighted by molar-refractivity contribution is 5.97. The molecule has 0 heterocycles. The summed E-state index contributed by atoms with van der Waals surface area (Å²) < 4.78 is 43.6. The number of ketones is 1. The molecule has 0 aliphatic heterocycles. The van der Waals surface area contributed by atoms with Crippen molar-refractivity contribution in [3.63, 3.8) is 0 Å². The zero-order valence-corrected chi connectivity index (χ0v) is 11.3. The van der Waals surface area contributed by atoms with E-state index in [-0.39, 0.29) is 17.8 Å². The van der Waals surface area contributed by atoms with E-state index in [9.17, 15) is 18.0 Å². The molecule has 0 atom stereocenters. The minimum atomic E-state index is -4.46. The molecule has 0 amide bonds. The van der Waals surface area contributed by atoms with Crippen molar-refractivity contribution in [1.82, 2.24) is 0 Å². The van der Waals surface area contributed by atoms with Gasteiger partial charge in [-0.2, -0.15) is 13.2 Å². The molecule has 2 aromatic carbocycles. The highest BCUT2D eigenvalue weighted by Gasteiger charge is 2.33. The normalized spacial score (nSPS) is 11.2. The van der Waals surface area contributed by atoms with Crippen molar-refractivity contribution in [2.45, 2.75) is 12.6 Å². The summed E-state index contributed by atoms with van der Waals surface area (Å²) in [5.74, 6) is 0.219. The molecular weight excluding hydrogens is 281 g/mol. The van der Waals surface area contributed by atoms with Crippen LogP contribution in [0.3, 0.4) is 0 Å². The van der Waals surface area contributed by atoms with E-state index in [2.05, 4.69) is 0 Å². The molecule has 2 aromatic rings. The molecule has 0 aliphatic carbocycles. The van der Waals surface area contributed by atoms with Gasteiger partial charge in [0, 0.05) is 12.0 Å². The van der Waals surface area contributed by atoms with Gasteiger partial charge in [-0.3, -0.25) is 4.79 Å². The number of carbonyl (C=O) groups is 1. The van der Waals surface area contributed by atoms with E-state index in [1.165, 1.54) is 37.4 Å². The number of halogens is 3. The first kappa shape index (κ1) is 15.1. The average Bonchev–Trinajstić information content (AvgIpc) is 2.47. The Morgan fingerprint density at radius 2 is 1.67 bits per heavy atom. The number of hydrogen-bond donors (Lipinski definition) is 0. The molecule has 21 heavy (non-hydrogen) atoms. The maximum Gasteiger partial charge on any atom is 0.416 e. The number of benzene rings is 2. The molecule has 0 aliphatic rings. The number of alkyl halides is 3. The number of rotatable bonds is 4. The predicted octanol–water partition coefficient (Wildman–Crippen LogP) is 4.14. The predicted molar refractivity (Wildman–Crippen MR) is 72.5 cm³/mol. The number of carbonyl (C=O) groups excluding carboxylic acids is 1. The van der Waals surface area contributed by atoms with Gasteiger partial charge in [0.25, 0.3) is 0 Å². The summed E-state index contributed by atoms with van der Waals surface area (Å²) in [7, 11) is 1.50. The van der Waals surface area contributed by atoms with Gasteiger partial charge in [-0.05, 0) is 35.9 Å². The second kappa shape index (κ2) is 5.99. The van der Waals surface area contributed by atoms with Crippen molar-refractivity contribution in [2.75, 3.05) is 7.11 Å². The quantitative estimate of drug-likeness (QED) is 0.792. The van der Waals surface area contributed by atoms with E-state index in [1.807, 2.05) is 0 Å². The molecule has 2 nitrogen and oxygen atoms in total. The van der Waals surface area contributed by atoms with Crippen LogP contribution < -0.4 is 4.74 Å². The summed E-state index contributed by atoms with van der Waals surface area (Å²) >= 11 is 0. The van der Waals surface area contributed by atoms with Crippen LogP contribution in [0, 0.1) is 0 Å². The van der Waals surface area contributed by atoms with Crippen molar-refractivity contribution in [3.05, 3.63) is 65.2 Å². The second-order valence-corrected chi connectivity index (χ2v) is 4.48. The molecule has 5 heteroatoms. The summed E-state index contributed by atoms with van der Waals surface area (Å²) in [6, 6.07) is 11.4. The summed E-state index contributed by atoms with van der Waals surface area (Å²) in [4.78, 5) is 12.1. The average molecular weight is 294 g/mol. The summed E-state index contributed by atoms with van der Waals surface area (Å²) in [6.45, 7) is 0. The van der Waals surface area contributed by atoms with Crippen LogP contribution in [-0.4, -0.2) is 12.9 Å². The molecule has 2 rings (SSSR count). The molecule has 0 bridgehead atoms. The molecule has 0 unspecified atom stereocenters. The number of hydrogen-bond acceptors (Lipinski definition) is 2. The minimum absolute atomic E-state index is 0.0224. The van der Waals surface area contributed by atoms with Crippen LogP contribution in [0.2, 0.25) is 0 Å². The van der Waals surface area contributed by atoms with E-state index in [0.29, 0.717) is 11.3 Å². The van der Waals surface area contributed by atoms with Gasteiger partial charge in [-0.25, -0.2) is 0 Å². The molecule has 0 aromatic heterocycles. The monoisotopic (exact) mass is 294 g/mol. The highest BCUT2D eigenvalue weighted by Crippen LogP contribution is 2.32. The molecule has 110 valence electrons. The lowest BCUT2D eigenvalue weighted by molar-refractivity contribution is -0.138. The Morgan fingerprint density at radius 3 is 2.24 bits per heavy atom. The smallest absolute Gasteiger partial charge is 0.416 e. The Bertz CT molecular complexity index is 631. The fourth-order valence-electron chi connectivity index (χ4n) is 2.00. The molecular formula is C16H13F3O2. The van der Waals surface area contributed by atoms with Gasteiger partial charge >= 0.3 is 6.18 Å². The summed E-state index contributed by atoms with van der Waals surface area (Å²) in [5.41, 5.74) is -0.439. The minimum Gasteiger partial charge on any atom is -0.497 e. The fourth-order valence-corrected chi connectivity index (χ4v) is 2.00. The first-order chi connectivity index (χ1) is 9.91. The fraction of sp³-hybridized carbons (Fsp3) is 0.188. The highest BCUT2D eigenvalue weighted by atomic mass is 19.4. The van der Waals surface area contributed by atoms with Gasteiger partial charge in [-0.1, -0.05) is 18.2 Å². The van der Waals surface area contributed by atoms with E-state index >= 15 is 0 Å². The van der Waals surface area contributed by atoms with Gasteiger partial charge in [0.2, 0.25) is 0 Å². The first-order valence-electron chi connectivity index (χ1n) is 6.24. The number of ether oxygens (including phenoxy) is 1. The van der Waals surface area contributed by atoms with Crippen molar-refractivity contribution in [1.29, 1.82) is 0 Å². The van der Waals surface area contributed by atoms with Gasteiger partial charge in [0.15, 0.2) is 5.78 Å². The molecule has 0 fully saturated rings. The van der Waals surface area contributed by atoms with Crippen LogP contribution >= 0.6 is 0 Å². The molecule has 0 spiro atoms. The van der Waals surface area contributed by atoms with Crippen molar-refractivity contribution in [2.24, 2.45) is 0 Å². The number of methoxy groups -OCH3 is 1. The third-order valence-corrected chi connectivity index (χ3v) is 3.09. The van der Waals surface area contributed by atoms with Crippen LogP contribution in [0.5, 0.6) is 5.75 Å². The van der Waals surface area contributed by atoms with E-state index in [0.717, 1.165) is 6.07 Å². The standard InChI is InChI=1S/C16H13F3O2/c1-21-13-8-6-11(7-9-13)15(20)10-12-4-2-3-5-14(12)16(17,18)19/h2-9H,10H2,1H3. The lowest BCUT2D eigenvalue weighted by Gasteiger charge is -2.12.